The number of fused-ring (bicyclic) bond motifs is 2. The molecule has 0 fully saturated rings. The van der Waals surface area contributed by atoms with Crippen LogP contribution in [0.1, 0.15) is 35.8 Å². The van der Waals surface area contributed by atoms with Gasteiger partial charge in [0.05, 0.1) is 12.5 Å². The fourth-order valence-electron chi connectivity index (χ4n) is 2.83. The molecule has 3 aromatic rings. The van der Waals surface area contributed by atoms with Gasteiger partial charge in [0.1, 0.15) is 22.3 Å². The molecule has 7 heteroatoms. The minimum atomic E-state index is -0.648. The number of pyridine rings is 2. The molecule has 3 heterocycles. The maximum Gasteiger partial charge on any atom is 0.341 e. The van der Waals surface area contributed by atoms with Crippen molar-refractivity contribution < 1.29 is 9.53 Å². The first-order valence-electron chi connectivity index (χ1n) is 7.57. The van der Waals surface area contributed by atoms with Crippen LogP contribution in [0.2, 0.25) is 0 Å². The number of nitrogens with zero attached hydrogens (tertiary/aromatic N) is 3. The first kappa shape index (κ1) is 15.9. The Bertz CT molecular complexity index is 1090. The van der Waals surface area contributed by atoms with Gasteiger partial charge in [-0.3, -0.25) is 14.6 Å². The fourth-order valence-corrected chi connectivity index (χ4v) is 2.83. The molecule has 0 bridgehead atoms. The predicted molar refractivity (Wildman–Crippen MR) is 89.3 cm³/mol. The van der Waals surface area contributed by atoms with Crippen LogP contribution in [0.5, 0.6) is 0 Å². The van der Waals surface area contributed by atoms with Crippen molar-refractivity contribution in [3.05, 3.63) is 51.4 Å². The van der Waals surface area contributed by atoms with Crippen LogP contribution in [0, 0.1) is 12.3 Å². The molecule has 7 nitrogen and oxygen atoms in total. The smallest absolute Gasteiger partial charge is 0.341 e. The molecular weight excluding hydrogens is 308 g/mol. The zero-order chi connectivity index (χ0) is 17.6. The monoisotopic (exact) mass is 326 g/mol. The highest BCUT2D eigenvalue weighted by Gasteiger charge is 2.19. The van der Waals surface area contributed by atoms with E-state index in [9.17, 15) is 9.59 Å². The molecule has 0 spiro atoms. The summed E-state index contributed by atoms with van der Waals surface area (Å²) in [5, 5.41) is 8.62. The van der Waals surface area contributed by atoms with E-state index in [-0.39, 0.29) is 28.0 Å². The summed E-state index contributed by atoms with van der Waals surface area (Å²) in [7, 11) is 1.25. The Hall–Kier alpha value is -2.96. The highest BCUT2D eigenvalue weighted by atomic mass is 16.5. The molecule has 3 aromatic heterocycles. The molecule has 0 aliphatic carbocycles. The number of aryl methyl sites for hydroxylation is 1. The summed E-state index contributed by atoms with van der Waals surface area (Å²) in [6.45, 7) is 5.62. The first-order valence-corrected chi connectivity index (χ1v) is 7.57. The van der Waals surface area contributed by atoms with E-state index in [4.69, 9.17) is 10.1 Å². The van der Waals surface area contributed by atoms with Crippen LogP contribution in [0.4, 0.5) is 0 Å². The number of carbonyl (C=O) groups excluding carboxylic acids is 1. The van der Waals surface area contributed by atoms with E-state index < -0.39 is 5.97 Å². The van der Waals surface area contributed by atoms with Gasteiger partial charge in [-0.2, -0.15) is 0 Å². The third-order valence-corrected chi connectivity index (χ3v) is 4.00. The molecule has 24 heavy (non-hydrogen) atoms. The van der Waals surface area contributed by atoms with Crippen molar-refractivity contribution in [3.8, 4) is 0 Å². The summed E-state index contributed by atoms with van der Waals surface area (Å²) in [5.74, 6) is -0.648. The molecule has 0 aromatic carbocycles. The Morgan fingerprint density at radius 2 is 2.04 bits per heavy atom. The Morgan fingerprint density at radius 1 is 1.33 bits per heavy atom. The van der Waals surface area contributed by atoms with Crippen molar-refractivity contribution in [2.45, 2.75) is 26.8 Å². The molecule has 0 saturated carbocycles. The van der Waals surface area contributed by atoms with Crippen molar-refractivity contribution in [2.75, 3.05) is 7.11 Å². The SMILES string of the molecule is COC(=O)c1cc2c(=O)n3cccc(C)c3nc2n(C(C)C)c1=N. The number of rotatable bonds is 2. The second-order valence-electron chi connectivity index (χ2n) is 5.90. The molecule has 124 valence electrons. The third kappa shape index (κ3) is 2.20. The molecule has 0 aliphatic rings. The van der Waals surface area contributed by atoms with Crippen LogP contribution in [0.3, 0.4) is 0 Å². The lowest BCUT2D eigenvalue weighted by atomic mass is 10.2. The van der Waals surface area contributed by atoms with Gasteiger partial charge in [0.25, 0.3) is 5.56 Å². The van der Waals surface area contributed by atoms with Gasteiger partial charge in [0.15, 0.2) is 0 Å². The highest BCUT2D eigenvalue weighted by Crippen LogP contribution is 2.16. The van der Waals surface area contributed by atoms with E-state index in [2.05, 4.69) is 4.98 Å². The average molecular weight is 326 g/mol. The van der Waals surface area contributed by atoms with Crippen molar-refractivity contribution in [1.29, 1.82) is 5.41 Å². The van der Waals surface area contributed by atoms with Gasteiger partial charge in [-0.25, -0.2) is 9.78 Å². The van der Waals surface area contributed by atoms with E-state index in [0.29, 0.717) is 11.3 Å². The van der Waals surface area contributed by atoms with Gasteiger partial charge in [0, 0.05) is 12.2 Å². The van der Waals surface area contributed by atoms with Crippen molar-refractivity contribution in [3.63, 3.8) is 0 Å². The number of methoxy groups -OCH3 is 1. The van der Waals surface area contributed by atoms with Crippen LogP contribution in [-0.4, -0.2) is 27.0 Å². The Balaban J connectivity index is 2.62. The number of esters is 1. The normalized spacial score (nSPS) is 11.4. The van der Waals surface area contributed by atoms with Crippen molar-refractivity contribution >= 4 is 22.6 Å². The lowest BCUT2D eigenvalue weighted by Gasteiger charge is -2.17. The molecule has 0 atom stereocenters. The van der Waals surface area contributed by atoms with Gasteiger partial charge < -0.3 is 9.30 Å². The molecular formula is C17H18N4O3. The lowest BCUT2D eigenvalue weighted by Crippen LogP contribution is -2.31. The number of aromatic nitrogens is 3. The third-order valence-electron chi connectivity index (χ3n) is 4.00. The molecule has 0 unspecified atom stereocenters. The molecule has 0 radical (unpaired) electrons. The summed E-state index contributed by atoms with van der Waals surface area (Å²) < 4.78 is 7.78. The van der Waals surface area contributed by atoms with E-state index in [0.717, 1.165) is 5.56 Å². The van der Waals surface area contributed by atoms with E-state index in [1.165, 1.54) is 17.6 Å². The standard InChI is InChI=1S/C17H18N4O3/c1-9(2)21-13(18)11(17(23)24-4)8-12-15(21)19-14-10(3)6-5-7-20(14)16(12)22/h5-9,18H,1-4H3. The number of nitrogens with one attached hydrogen (secondary N) is 1. The van der Waals surface area contributed by atoms with Crippen LogP contribution < -0.4 is 11.0 Å². The van der Waals surface area contributed by atoms with E-state index in [1.807, 2.05) is 26.8 Å². The van der Waals surface area contributed by atoms with Crippen molar-refractivity contribution in [1.82, 2.24) is 14.0 Å². The second kappa shape index (κ2) is 5.59. The van der Waals surface area contributed by atoms with E-state index in [1.54, 1.807) is 16.8 Å². The summed E-state index contributed by atoms with van der Waals surface area (Å²) in [6, 6.07) is 4.89. The molecule has 0 amide bonds. The summed E-state index contributed by atoms with van der Waals surface area (Å²) >= 11 is 0. The minimum absolute atomic E-state index is 0.0193. The first-order chi connectivity index (χ1) is 11.4. The molecule has 1 N–H and O–H groups in total. The zero-order valence-corrected chi connectivity index (χ0v) is 14.0. The van der Waals surface area contributed by atoms with Gasteiger partial charge in [-0.15, -0.1) is 0 Å². The van der Waals surface area contributed by atoms with Crippen LogP contribution in [0.15, 0.2) is 29.2 Å². The lowest BCUT2D eigenvalue weighted by molar-refractivity contribution is 0.0597. The highest BCUT2D eigenvalue weighted by molar-refractivity contribution is 5.93. The maximum atomic E-state index is 12.9. The summed E-state index contributed by atoms with van der Waals surface area (Å²) in [5.41, 5.74) is 1.53. The van der Waals surface area contributed by atoms with Gasteiger partial charge in [0.2, 0.25) is 0 Å². The van der Waals surface area contributed by atoms with Crippen LogP contribution in [-0.2, 0) is 4.74 Å². The second-order valence-corrected chi connectivity index (χ2v) is 5.90. The average Bonchev–Trinajstić information content (AvgIpc) is 2.54. The maximum absolute atomic E-state index is 12.9. The molecule has 0 aliphatic heterocycles. The summed E-state index contributed by atoms with van der Waals surface area (Å²) in [6.07, 6.45) is 1.64. The van der Waals surface area contributed by atoms with Gasteiger partial charge in [-0.05, 0) is 38.5 Å². The Morgan fingerprint density at radius 3 is 2.67 bits per heavy atom. The number of hydrogen-bond donors (Lipinski definition) is 1. The zero-order valence-electron chi connectivity index (χ0n) is 14.0. The fraction of sp³-hybridized carbons (Fsp3) is 0.294. The largest absolute Gasteiger partial charge is 0.465 e. The van der Waals surface area contributed by atoms with E-state index >= 15 is 0 Å². The molecule has 3 rings (SSSR count). The number of ether oxygens (including phenoxy) is 1. The predicted octanol–water partition coefficient (Wildman–Crippen LogP) is 1.80. The van der Waals surface area contributed by atoms with Crippen LogP contribution in [0.25, 0.3) is 16.7 Å². The van der Waals surface area contributed by atoms with Gasteiger partial charge >= 0.3 is 5.97 Å². The molecule has 0 saturated heterocycles. The quantitative estimate of drug-likeness (QED) is 0.574. The van der Waals surface area contributed by atoms with Crippen molar-refractivity contribution in [2.24, 2.45) is 0 Å². The van der Waals surface area contributed by atoms with Crippen LogP contribution >= 0.6 is 0 Å². The Labute approximate surface area is 137 Å². The number of hydrogen-bond acceptors (Lipinski definition) is 5. The minimum Gasteiger partial charge on any atom is -0.465 e. The Kier molecular flexibility index (Phi) is 3.71. The van der Waals surface area contributed by atoms with Gasteiger partial charge in [-0.1, -0.05) is 6.07 Å². The summed E-state index contributed by atoms with van der Waals surface area (Å²) in [4.78, 5) is 29.5. The topological polar surface area (TPSA) is 89.4 Å². The number of carbonyl (C=O) groups is 1.